The average molecular weight is 441 g/mol. The van der Waals surface area contributed by atoms with Crippen molar-refractivity contribution < 1.29 is 14.6 Å². The summed E-state index contributed by atoms with van der Waals surface area (Å²) in [7, 11) is 0. The van der Waals surface area contributed by atoms with E-state index in [-0.39, 0.29) is 12.6 Å². The van der Waals surface area contributed by atoms with E-state index in [4.69, 9.17) is 4.74 Å². The number of hydrogen-bond acceptors (Lipinski definition) is 3. The second-order valence-corrected chi connectivity index (χ2v) is 9.59. The summed E-state index contributed by atoms with van der Waals surface area (Å²) in [5, 5.41) is 10.0. The van der Waals surface area contributed by atoms with Crippen LogP contribution in [0.1, 0.15) is 162 Å². The summed E-state index contributed by atoms with van der Waals surface area (Å²) >= 11 is 0. The van der Waals surface area contributed by atoms with Crippen molar-refractivity contribution in [1.29, 1.82) is 0 Å². The van der Waals surface area contributed by atoms with Gasteiger partial charge in [-0.3, -0.25) is 4.79 Å². The first-order valence-corrected chi connectivity index (χ1v) is 14.0. The Morgan fingerprint density at radius 2 is 0.935 bits per heavy atom. The molecule has 3 heteroatoms. The molecule has 1 atom stereocenters. The molecule has 0 aromatic heterocycles. The molecule has 1 N–H and O–H groups in total. The summed E-state index contributed by atoms with van der Waals surface area (Å²) in [6.45, 7) is 4.69. The predicted molar refractivity (Wildman–Crippen MR) is 135 cm³/mol. The van der Waals surface area contributed by atoms with E-state index in [2.05, 4.69) is 13.8 Å². The highest BCUT2D eigenvalue weighted by Gasteiger charge is 2.08. The molecule has 0 aromatic carbocycles. The molecule has 0 aliphatic heterocycles. The van der Waals surface area contributed by atoms with Gasteiger partial charge < -0.3 is 9.84 Å². The van der Waals surface area contributed by atoms with Crippen LogP contribution < -0.4 is 0 Å². The van der Waals surface area contributed by atoms with Crippen molar-refractivity contribution in [2.24, 2.45) is 0 Å². The lowest BCUT2D eigenvalue weighted by molar-refractivity contribution is -0.146. The Labute approximate surface area is 195 Å². The van der Waals surface area contributed by atoms with Gasteiger partial charge in [-0.1, -0.05) is 142 Å². The molecule has 0 amide bonds. The van der Waals surface area contributed by atoms with Crippen molar-refractivity contribution in [3.8, 4) is 0 Å². The standard InChI is InChI=1S/C28H56O3/c1-3-5-7-9-11-13-14-15-17-18-20-22-24-27(29)26-31-28(30)25-23-21-19-16-12-10-8-6-4-2/h27,29H,3-26H2,1-2H3. The first kappa shape index (κ1) is 30.4. The van der Waals surface area contributed by atoms with Gasteiger partial charge in [-0.15, -0.1) is 0 Å². The van der Waals surface area contributed by atoms with Crippen molar-refractivity contribution in [1.82, 2.24) is 0 Å². The molecule has 0 aliphatic carbocycles. The molecule has 0 rings (SSSR count). The Bertz CT molecular complexity index is 356. The molecule has 31 heavy (non-hydrogen) atoms. The topological polar surface area (TPSA) is 46.5 Å². The lowest BCUT2D eigenvalue weighted by Crippen LogP contribution is -2.18. The van der Waals surface area contributed by atoms with E-state index in [1.54, 1.807) is 0 Å². The number of hydrogen-bond donors (Lipinski definition) is 1. The van der Waals surface area contributed by atoms with Crippen LogP contribution in [0.3, 0.4) is 0 Å². The molecule has 1 unspecified atom stereocenters. The summed E-state index contributed by atoms with van der Waals surface area (Å²) in [5.74, 6) is -0.142. The molecular formula is C28H56O3. The highest BCUT2D eigenvalue weighted by Crippen LogP contribution is 2.14. The van der Waals surface area contributed by atoms with E-state index in [1.165, 1.54) is 116 Å². The van der Waals surface area contributed by atoms with Crippen LogP contribution in [0.25, 0.3) is 0 Å². The van der Waals surface area contributed by atoms with Gasteiger partial charge in [0.25, 0.3) is 0 Å². The molecular weight excluding hydrogens is 384 g/mol. The Morgan fingerprint density at radius 3 is 1.35 bits per heavy atom. The largest absolute Gasteiger partial charge is 0.463 e. The minimum absolute atomic E-state index is 0.142. The Kier molecular flexibility index (Phi) is 25.2. The van der Waals surface area contributed by atoms with Gasteiger partial charge in [-0.2, -0.15) is 0 Å². The first-order valence-electron chi connectivity index (χ1n) is 14.0. The van der Waals surface area contributed by atoms with Gasteiger partial charge in [0.15, 0.2) is 0 Å². The van der Waals surface area contributed by atoms with Crippen LogP contribution in [0, 0.1) is 0 Å². The molecule has 0 spiro atoms. The fraction of sp³-hybridized carbons (Fsp3) is 0.964. The molecule has 0 heterocycles. The van der Waals surface area contributed by atoms with Crippen molar-refractivity contribution in [2.45, 2.75) is 168 Å². The van der Waals surface area contributed by atoms with E-state index < -0.39 is 6.10 Å². The van der Waals surface area contributed by atoms with Crippen molar-refractivity contribution >= 4 is 5.97 Å². The highest BCUT2D eigenvalue weighted by molar-refractivity contribution is 5.69. The Hall–Kier alpha value is -0.570. The minimum atomic E-state index is -0.491. The van der Waals surface area contributed by atoms with Gasteiger partial charge in [0.1, 0.15) is 6.61 Å². The molecule has 0 radical (unpaired) electrons. The van der Waals surface area contributed by atoms with Gasteiger partial charge in [-0.25, -0.2) is 0 Å². The van der Waals surface area contributed by atoms with Crippen LogP contribution >= 0.6 is 0 Å². The molecule has 0 saturated heterocycles. The monoisotopic (exact) mass is 440 g/mol. The quantitative estimate of drug-likeness (QED) is 0.114. The number of carbonyl (C=O) groups is 1. The zero-order valence-corrected chi connectivity index (χ0v) is 21.3. The van der Waals surface area contributed by atoms with E-state index in [0.717, 1.165) is 25.7 Å². The maximum atomic E-state index is 11.8. The number of aliphatic hydroxyl groups is 1. The van der Waals surface area contributed by atoms with Crippen molar-refractivity contribution in [2.75, 3.05) is 6.61 Å². The highest BCUT2D eigenvalue weighted by atomic mass is 16.5. The number of rotatable bonds is 25. The van der Waals surface area contributed by atoms with Gasteiger partial charge in [-0.05, 0) is 12.8 Å². The molecule has 3 nitrogen and oxygen atoms in total. The number of ether oxygens (including phenoxy) is 1. The van der Waals surface area contributed by atoms with Crippen LogP contribution in [-0.4, -0.2) is 23.8 Å². The minimum Gasteiger partial charge on any atom is -0.463 e. The Morgan fingerprint density at radius 1 is 0.581 bits per heavy atom. The summed E-state index contributed by atoms with van der Waals surface area (Å²) in [6.07, 6.45) is 27.9. The van der Waals surface area contributed by atoms with Crippen LogP contribution in [0.5, 0.6) is 0 Å². The Balaban J connectivity index is 3.29. The van der Waals surface area contributed by atoms with E-state index in [0.29, 0.717) is 6.42 Å². The molecule has 0 saturated carbocycles. The van der Waals surface area contributed by atoms with Crippen LogP contribution in [0.4, 0.5) is 0 Å². The van der Waals surface area contributed by atoms with Gasteiger partial charge >= 0.3 is 5.97 Å². The maximum absolute atomic E-state index is 11.8. The summed E-state index contributed by atoms with van der Waals surface area (Å²) in [6, 6.07) is 0. The van der Waals surface area contributed by atoms with Crippen LogP contribution in [0.2, 0.25) is 0 Å². The average Bonchev–Trinajstić information content (AvgIpc) is 2.77. The number of aliphatic hydroxyl groups excluding tert-OH is 1. The number of esters is 1. The zero-order valence-electron chi connectivity index (χ0n) is 21.3. The second-order valence-electron chi connectivity index (χ2n) is 9.59. The fourth-order valence-electron chi connectivity index (χ4n) is 4.15. The summed E-state index contributed by atoms with van der Waals surface area (Å²) < 4.78 is 5.24. The third-order valence-electron chi connectivity index (χ3n) is 6.31. The fourth-order valence-corrected chi connectivity index (χ4v) is 4.15. The predicted octanol–water partition coefficient (Wildman–Crippen LogP) is 8.90. The SMILES string of the molecule is CCCCCCCCCCCCCCC(O)COC(=O)CCCCCCCCCCC. The first-order chi connectivity index (χ1) is 15.2. The third-order valence-corrected chi connectivity index (χ3v) is 6.31. The van der Waals surface area contributed by atoms with Gasteiger partial charge in [0, 0.05) is 6.42 Å². The molecule has 0 fully saturated rings. The van der Waals surface area contributed by atoms with Gasteiger partial charge in [0.05, 0.1) is 6.10 Å². The molecule has 0 aliphatic rings. The van der Waals surface area contributed by atoms with Gasteiger partial charge in [0.2, 0.25) is 0 Å². The lowest BCUT2D eigenvalue weighted by Gasteiger charge is -2.11. The molecule has 186 valence electrons. The maximum Gasteiger partial charge on any atom is 0.305 e. The van der Waals surface area contributed by atoms with Crippen LogP contribution in [-0.2, 0) is 9.53 Å². The van der Waals surface area contributed by atoms with E-state index >= 15 is 0 Å². The lowest BCUT2D eigenvalue weighted by atomic mass is 10.0. The normalized spacial score (nSPS) is 12.2. The summed E-state index contributed by atoms with van der Waals surface area (Å²) in [4.78, 5) is 11.8. The molecule has 0 aromatic rings. The van der Waals surface area contributed by atoms with E-state index in [1.807, 2.05) is 0 Å². The zero-order chi connectivity index (χ0) is 22.8. The smallest absolute Gasteiger partial charge is 0.305 e. The third kappa shape index (κ3) is 25.6. The molecule has 0 bridgehead atoms. The van der Waals surface area contributed by atoms with Crippen molar-refractivity contribution in [3.05, 3.63) is 0 Å². The number of unbranched alkanes of at least 4 members (excludes halogenated alkanes) is 19. The summed E-state index contributed by atoms with van der Waals surface area (Å²) in [5.41, 5.74) is 0. The van der Waals surface area contributed by atoms with Crippen molar-refractivity contribution in [3.63, 3.8) is 0 Å². The van der Waals surface area contributed by atoms with E-state index in [9.17, 15) is 9.90 Å². The number of carbonyl (C=O) groups excluding carboxylic acids is 1. The van der Waals surface area contributed by atoms with Crippen LogP contribution in [0.15, 0.2) is 0 Å². The second kappa shape index (κ2) is 25.7.